The maximum absolute atomic E-state index is 11.2. The predicted molar refractivity (Wildman–Crippen MR) is 107 cm³/mol. The lowest BCUT2D eigenvalue weighted by Gasteiger charge is -2.36. The van der Waals surface area contributed by atoms with Crippen molar-refractivity contribution in [2.24, 2.45) is 4.99 Å². The van der Waals surface area contributed by atoms with E-state index in [1.54, 1.807) is 19.2 Å². The molecule has 1 aliphatic rings. The Balaban J connectivity index is 1.53. The molecule has 27 heavy (non-hydrogen) atoms. The molecule has 0 atom stereocenters. The van der Waals surface area contributed by atoms with Gasteiger partial charge in [-0.1, -0.05) is 48.5 Å². The van der Waals surface area contributed by atoms with Crippen LogP contribution >= 0.6 is 0 Å². The zero-order valence-electron chi connectivity index (χ0n) is 15.5. The molecule has 0 radical (unpaired) electrons. The van der Waals surface area contributed by atoms with Crippen LogP contribution in [0.1, 0.15) is 11.1 Å². The first-order valence-corrected chi connectivity index (χ1v) is 9.11. The van der Waals surface area contributed by atoms with E-state index in [0.717, 1.165) is 38.7 Å². The van der Waals surface area contributed by atoms with E-state index < -0.39 is 0 Å². The molecule has 1 heterocycles. The van der Waals surface area contributed by atoms with Crippen LogP contribution in [0.5, 0.6) is 0 Å². The van der Waals surface area contributed by atoms with Crippen LogP contribution in [0.4, 0.5) is 5.69 Å². The molecule has 2 aromatic rings. The molecule has 0 spiro atoms. The van der Waals surface area contributed by atoms with E-state index in [2.05, 4.69) is 44.4 Å². The van der Waals surface area contributed by atoms with Crippen LogP contribution in [0.2, 0.25) is 0 Å². The Morgan fingerprint density at radius 1 is 1.07 bits per heavy atom. The SMILES string of the molecule is CN=C(NCc1ccccc1[N+](=O)[O-])N1CCN(Cc2ccccc2)CC1. The molecule has 1 aliphatic heterocycles. The van der Waals surface area contributed by atoms with Crippen molar-refractivity contribution in [3.63, 3.8) is 0 Å². The van der Waals surface area contributed by atoms with E-state index in [1.165, 1.54) is 11.6 Å². The highest BCUT2D eigenvalue weighted by atomic mass is 16.6. The number of guanidine groups is 1. The van der Waals surface area contributed by atoms with Gasteiger partial charge in [0.1, 0.15) is 0 Å². The minimum atomic E-state index is -0.345. The van der Waals surface area contributed by atoms with Crippen molar-refractivity contribution >= 4 is 11.6 Å². The first-order chi connectivity index (χ1) is 13.2. The first kappa shape index (κ1) is 18.8. The highest BCUT2D eigenvalue weighted by Crippen LogP contribution is 2.17. The summed E-state index contributed by atoms with van der Waals surface area (Å²) in [5.41, 5.74) is 2.12. The average molecular weight is 367 g/mol. The fourth-order valence-corrected chi connectivity index (χ4v) is 3.30. The van der Waals surface area contributed by atoms with E-state index in [-0.39, 0.29) is 10.6 Å². The second-order valence-corrected chi connectivity index (χ2v) is 6.54. The second-order valence-electron chi connectivity index (χ2n) is 6.54. The number of rotatable bonds is 5. The van der Waals surface area contributed by atoms with E-state index in [9.17, 15) is 10.1 Å². The van der Waals surface area contributed by atoms with Gasteiger partial charge in [0.25, 0.3) is 5.69 Å². The summed E-state index contributed by atoms with van der Waals surface area (Å²) >= 11 is 0. The molecule has 0 aliphatic carbocycles. The first-order valence-electron chi connectivity index (χ1n) is 9.11. The molecule has 142 valence electrons. The van der Waals surface area contributed by atoms with Gasteiger partial charge in [0.05, 0.1) is 4.92 Å². The Bertz CT molecular complexity index is 786. The minimum absolute atomic E-state index is 0.133. The molecule has 0 bridgehead atoms. The van der Waals surface area contributed by atoms with Gasteiger partial charge in [0.15, 0.2) is 5.96 Å². The van der Waals surface area contributed by atoms with Gasteiger partial charge in [-0.05, 0) is 5.56 Å². The van der Waals surface area contributed by atoms with Gasteiger partial charge in [-0.2, -0.15) is 0 Å². The number of para-hydroxylation sites is 1. The lowest BCUT2D eigenvalue weighted by molar-refractivity contribution is -0.385. The summed E-state index contributed by atoms with van der Waals surface area (Å²) < 4.78 is 0. The van der Waals surface area contributed by atoms with Gasteiger partial charge in [-0.25, -0.2) is 0 Å². The van der Waals surface area contributed by atoms with Crippen molar-refractivity contribution in [3.05, 3.63) is 75.8 Å². The number of aliphatic imine (C=N–C) groups is 1. The highest BCUT2D eigenvalue weighted by molar-refractivity contribution is 5.80. The van der Waals surface area contributed by atoms with Crippen molar-refractivity contribution in [2.75, 3.05) is 33.2 Å². The molecule has 0 amide bonds. The lowest BCUT2D eigenvalue weighted by atomic mass is 10.2. The number of nitro groups is 1. The second kappa shape index (κ2) is 9.14. The molecule has 7 heteroatoms. The number of hydrogen-bond acceptors (Lipinski definition) is 4. The molecule has 0 unspecified atom stereocenters. The van der Waals surface area contributed by atoms with Crippen molar-refractivity contribution in [1.82, 2.24) is 15.1 Å². The van der Waals surface area contributed by atoms with E-state index in [4.69, 9.17) is 0 Å². The smallest absolute Gasteiger partial charge is 0.274 e. The van der Waals surface area contributed by atoms with Crippen molar-refractivity contribution in [2.45, 2.75) is 13.1 Å². The largest absolute Gasteiger partial charge is 0.352 e. The summed E-state index contributed by atoms with van der Waals surface area (Å²) in [5, 5.41) is 14.4. The average Bonchev–Trinajstić information content (AvgIpc) is 2.70. The van der Waals surface area contributed by atoms with E-state index in [0.29, 0.717) is 12.1 Å². The lowest BCUT2D eigenvalue weighted by Crippen LogP contribution is -2.52. The molecule has 2 aromatic carbocycles. The summed E-state index contributed by atoms with van der Waals surface area (Å²) in [4.78, 5) is 19.8. The van der Waals surface area contributed by atoms with Gasteiger partial charge < -0.3 is 10.2 Å². The van der Waals surface area contributed by atoms with Crippen LogP contribution in [-0.4, -0.2) is 53.9 Å². The number of nitrogens with zero attached hydrogens (tertiary/aromatic N) is 4. The molecule has 1 N–H and O–H groups in total. The number of nitro benzene ring substituents is 1. The Kier molecular flexibility index (Phi) is 6.38. The van der Waals surface area contributed by atoms with Crippen LogP contribution in [0.25, 0.3) is 0 Å². The summed E-state index contributed by atoms with van der Waals surface area (Å²) in [6.45, 7) is 5.01. The molecule has 1 fully saturated rings. The maximum Gasteiger partial charge on any atom is 0.274 e. The molecular weight excluding hydrogens is 342 g/mol. The molecule has 3 rings (SSSR count). The monoisotopic (exact) mass is 367 g/mol. The van der Waals surface area contributed by atoms with E-state index >= 15 is 0 Å². The Morgan fingerprint density at radius 2 is 1.74 bits per heavy atom. The third-order valence-corrected chi connectivity index (χ3v) is 4.76. The van der Waals surface area contributed by atoms with Crippen molar-refractivity contribution in [1.29, 1.82) is 0 Å². The van der Waals surface area contributed by atoms with Gasteiger partial charge in [-0.15, -0.1) is 0 Å². The summed E-state index contributed by atoms with van der Waals surface area (Å²) in [7, 11) is 1.75. The standard InChI is InChI=1S/C20H25N5O2/c1-21-20(22-15-18-9-5-6-10-19(18)25(26)27)24-13-11-23(12-14-24)16-17-7-3-2-4-8-17/h2-10H,11-16H2,1H3,(H,21,22). The Labute approximate surface area is 159 Å². The van der Waals surface area contributed by atoms with Crippen LogP contribution < -0.4 is 5.32 Å². The predicted octanol–water partition coefficient (Wildman–Crippen LogP) is 2.49. The third-order valence-electron chi connectivity index (χ3n) is 4.76. The van der Waals surface area contributed by atoms with Gasteiger partial charge in [-0.3, -0.25) is 20.0 Å². The third kappa shape index (κ3) is 5.04. The highest BCUT2D eigenvalue weighted by Gasteiger charge is 2.20. The number of benzene rings is 2. The Hall–Kier alpha value is -2.93. The van der Waals surface area contributed by atoms with Crippen LogP contribution in [0.3, 0.4) is 0 Å². The summed E-state index contributed by atoms with van der Waals surface area (Å²) in [5.74, 6) is 0.785. The van der Waals surface area contributed by atoms with Crippen molar-refractivity contribution < 1.29 is 4.92 Å². The zero-order valence-corrected chi connectivity index (χ0v) is 15.5. The fourth-order valence-electron chi connectivity index (χ4n) is 3.30. The maximum atomic E-state index is 11.2. The summed E-state index contributed by atoms with van der Waals surface area (Å²) in [6, 6.07) is 17.3. The summed E-state index contributed by atoms with van der Waals surface area (Å²) in [6.07, 6.45) is 0. The molecule has 0 aromatic heterocycles. The van der Waals surface area contributed by atoms with Crippen LogP contribution in [0.15, 0.2) is 59.6 Å². The number of piperazine rings is 1. The Morgan fingerprint density at radius 3 is 2.41 bits per heavy atom. The fraction of sp³-hybridized carbons (Fsp3) is 0.350. The van der Waals surface area contributed by atoms with Gasteiger partial charge in [0, 0.05) is 57.9 Å². The number of hydrogen-bond donors (Lipinski definition) is 1. The topological polar surface area (TPSA) is 74.0 Å². The van der Waals surface area contributed by atoms with Crippen LogP contribution in [0, 0.1) is 10.1 Å². The van der Waals surface area contributed by atoms with Crippen LogP contribution in [-0.2, 0) is 13.1 Å². The molecule has 1 saturated heterocycles. The van der Waals surface area contributed by atoms with Crippen molar-refractivity contribution in [3.8, 4) is 0 Å². The normalized spacial score (nSPS) is 15.6. The minimum Gasteiger partial charge on any atom is -0.352 e. The quantitative estimate of drug-likeness (QED) is 0.380. The van der Waals surface area contributed by atoms with E-state index in [1.807, 2.05) is 12.1 Å². The molecular formula is C20H25N5O2. The molecule has 0 saturated carbocycles. The van der Waals surface area contributed by atoms with Gasteiger partial charge >= 0.3 is 0 Å². The zero-order chi connectivity index (χ0) is 19.1. The van der Waals surface area contributed by atoms with Gasteiger partial charge in [0.2, 0.25) is 0 Å². The molecule has 7 nitrogen and oxygen atoms in total. The number of nitrogens with one attached hydrogen (secondary N) is 1.